The number of hydrogen-bond acceptors (Lipinski definition) is 3. The van der Waals surface area contributed by atoms with E-state index in [1.54, 1.807) is 18.4 Å². The molecule has 2 nitrogen and oxygen atoms in total. The summed E-state index contributed by atoms with van der Waals surface area (Å²) < 4.78 is 5.41. The van der Waals surface area contributed by atoms with E-state index in [9.17, 15) is 0 Å². The van der Waals surface area contributed by atoms with E-state index in [-0.39, 0.29) is 0 Å². The molecule has 1 N–H and O–H groups in total. The first-order chi connectivity index (χ1) is 9.11. The molecule has 1 aromatic heterocycles. The van der Waals surface area contributed by atoms with Crippen molar-refractivity contribution in [3.05, 3.63) is 40.2 Å². The van der Waals surface area contributed by atoms with E-state index >= 15 is 0 Å². The lowest BCUT2D eigenvalue weighted by atomic mass is 10.1. The molecule has 102 valence electrons. The average Bonchev–Trinajstić information content (AvgIpc) is 2.82. The number of ether oxygens (including phenoxy) is 1. The Labute approximate surface area is 123 Å². The van der Waals surface area contributed by atoms with E-state index in [1.807, 2.05) is 17.5 Å². The topological polar surface area (TPSA) is 21.3 Å². The molecule has 4 heteroatoms. The van der Waals surface area contributed by atoms with E-state index < -0.39 is 0 Å². The Morgan fingerprint density at radius 1 is 1.32 bits per heavy atom. The summed E-state index contributed by atoms with van der Waals surface area (Å²) in [7, 11) is 1.70. The number of halogens is 1. The highest BCUT2D eigenvalue weighted by Crippen LogP contribution is 2.35. The van der Waals surface area contributed by atoms with E-state index in [0.717, 1.165) is 33.3 Å². The molecular formula is C15H18ClNOS. The molecule has 0 amide bonds. The summed E-state index contributed by atoms with van der Waals surface area (Å²) in [5, 5.41) is 6.23. The molecule has 2 aromatic rings. The number of thiophene rings is 1. The molecule has 0 saturated heterocycles. The van der Waals surface area contributed by atoms with Gasteiger partial charge in [0.2, 0.25) is 0 Å². The molecule has 0 unspecified atom stereocenters. The van der Waals surface area contributed by atoms with Gasteiger partial charge in [0.1, 0.15) is 5.75 Å². The second-order valence-electron chi connectivity index (χ2n) is 4.66. The van der Waals surface area contributed by atoms with Gasteiger partial charge in [-0.2, -0.15) is 0 Å². The van der Waals surface area contributed by atoms with Crippen LogP contribution >= 0.6 is 22.9 Å². The maximum absolute atomic E-state index is 6.19. The normalized spacial score (nSPS) is 11.0. The Morgan fingerprint density at radius 3 is 2.68 bits per heavy atom. The molecule has 0 aliphatic rings. The molecule has 19 heavy (non-hydrogen) atoms. The Morgan fingerprint density at radius 2 is 2.11 bits per heavy atom. The molecular weight excluding hydrogens is 278 g/mol. The summed E-state index contributed by atoms with van der Waals surface area (Å²) in [6.45, 7) is 5.05. The Kier molecular flexibility index (Phi) is 4.86. The van der Waals surface area contributed by atoms with Crippen LogP contribution in [-0.2, 0) is 6.54 Å². The van der Waals surface area contributed by atoms with E-state index in [1.165, 1.54) is 0 Å². The van der Waals surface area contributed by atoms with Crippen LogP contribution in [0.3, 0.4) is 0 Å². The lowest BCUT2D eigenvalue weighted by Crippen LogP contribution is -2.22. The Balaban J connectivity index is 2.32. The highest BCUT2D eigenvalue weighted by atomic mass is 35.5. The zero-order chi connectivity index (χ0) is 13.8. The Hall–Kier alpha value is -1.03. The molecule has 0 spiro atoms. The smallest absolute Gasteiger partial charge is 0.123 e. The second kappa shape index (κ2) is 6.42. The van der Waals surface area contributed by atoms with Crippen molar-refractivity contribution in [2.75, 3.05) is 7.11 Å². The lowest BCUT2D eigenvalue weighted by molar-refractivity contribution is 0.406. The van der Waals surface area contributed by atoms with Crippen LogP contribution in [0.15, 0.2) is 29.6 Å². The fraction of sp³-hybridized carbons (Fsp3) is 0.333. The second-order valence-corrected chi connectivity index (χ2v) is 5.98. The van der Waals surface area contributed by atoms with Gasteiger partial charge in [0.15, 0.2) is 0 Å². The van der Waals surface area contributed by atoms with Gasteiger partial charge in [0, 0.05) is 18.2 Å². The van der Waals surface area contributed by atoms with Gasteiger partial charge in [-0.3, -0.25) is 0 Å². The number of hydrogen-bond donors (Lipinski definition) is 1. The summed E-state index contributed by atoms with van der Waals surface area (Å²) in [6, 6.07) is 8.57. The zero-order valence-electron chi connectivity index (χ0n) is 11.4. The van der Waals surface area contributed by atoms with Gasteiger partial charge in [0.25, 0.3) is 0 Å². The molecule has 2 rings (SSSR count). The van der Waals surface area contributed by atoms with Gasteiger partial charge < -0.3 is 10.1 Å². The molecule has 0 atom stereocenters. The van der Waals surface area contributed by atoms with Crippen molar-refractivity contribution in [1.29, 1.82) is 0 Å². The van der Waals surface area contributed by atoms with Crippen LogP contribution in [-0.4, -0.2) is 13.2 Å². The first-order valence-corrected chi connectivity index (χ1v) is 7.51. The van der Waals surface area contributed by atoms with Gasteiger partial charge in [0.05, 0.1) is 17.0 Å². The highest BCUT2D eigenvalue weighted by Gasteiger charge is 2.09. The number of rotatable bonds is 5. The third kappa shape index (κ3) is 3.50. The highest BCUT2D eigenvalue weighted by molar-refractivity contribution is 7.14. The summed E-state index contributed by atoms with van der Waals surface area (Å²) >= 11 is 7.85. The summed E-state index contributed by atoms with van der Waals surface area (Å²) in [4.78, 5) is 1.11. The van der Waals surface area contributed by atoms with Crippen LogP contribution in [0.5, 0.6) is 5.75 Å². The molecule has 0 aliphatic carbocycles. The van der Waals surface area contributed by atoms with Crippen molar-refractivity contribution in [2.24, 2.45) is 0 Å². The fourth-order valence-electron chi connectivity index (χ4n) is 1.87. The van der Waals surface area contributed by atoms with E-state index in [0.29, 0.717) is 6.04 Å². The minimum atomic E-state index is 0.443. The standard InChI is InChI=1S/C15H18ClNOS/c1-10(2)17-9-12-8-11(4-5-14(12)18-3)15-13(16)6-7-19-15/h4-8,10,17H,9H2,1-3H3. The largest absolute Gasteiger partial charge is 0.496 e. The third-order valence-corrected chi connectivity index (χ3v) is 4.25. The van der Waals surface area contributed by atoms with Crippen LogP contribution in [0.25, 0.3) is 10.4 Å². The van der Waals surface area contributed by atoms with Gasteiger partial charge >= 0.3 is 0 Å². The molecule has 1 heterocycles. The lowest BCUT2D eigenvalue weighted by Gasteiger charge is -2.13. The first kappa shape index (κ1) is 14.4. The summed E-state index contributed by atoms with van der Waals surface area (Å²) in [5.41, 5.74) is 2.29. The fourth-order valence-corrected chi connectivity index (χ4v) is 3.04. The van der Waals surface area contributed by atoms with E-state index in [4.69, 9.17) is 16.3 Å². The van der Waals surface area contributed by atoms with Crippen molar-refractivity contribution >= 4 is 22.9 Å². The zero-order valence-corrected chi connectivity index (χ0v) is 12.9. The van der Waals surface area contributed by atoms with Crippen molar-refractivity contribution < 1.29 is 4.74 Å². The molecule has 0 saturated carbocycles. The van der Waals surface area contributed by atoms with Crippen LogP contribution in [0.1, 0.15) is 19.4 Å². The maximum Gasteiger partial charge on any atom is 0.123 e. The van der Waals surface area contributed by atoms with Crippen molar-refractivity contribution in [3.63, 3.8) is 0 Å². The predicted molar refractivity (Wildman–Crippen MR) is 83.3 cm³/mol. The monoisotopic (exact) mass is 295 g/mol. The van der Waals surface area contributed by atoms with Crippen molar-refractivity contribution in [2.45, 2.75) is 26.4 Å². The summed E-state index contributed by atoms with van der Waals surface area (Å²) in [6.07, 6.45) is 0. The summed E-state index contributed by atoms with van der Waals surface area (Å²) in [5.74, 6) is 0.907. The number of benzene rings is 1. The number of nitrogens with one attached hydrogen (secondary N) is 1. The molecule has 0 aliphatic heterocycles. The third-order valence-electron chi connectivity index (χ3n) is 2.86. The van der Waals surface area contributed by atoms with Crippen molar-refractivity contribution in [3.8, 4) is 16.2 Å². The van der Waals surface area contributed by atoms with Crippen molar-refractivity contribution in [1.82, 2.24) is 5.32 Å². The minimum Gasteiger partial charge on any atom is -0.496 e. The maximum atomic E-state index is 6.19. The van der Waals surface area contributed by atoms with Gasteiger partial charge in [-0.15, -0.1) is 11.3 Å². The minimum absolute atomic E-state index is 0.443. The van der Waals surface area contributed by atoms with Gasteiger partial charge in [-0.1, -0.05) is 25.4 Å². The molecule has 1 aromatic carbocycles. The molecule has 0 radical (unpaired) electrons. The van der Waals surface area contributed by atoms with Crippen LogP contribution in [0.2, 0.25) is 5.02 Å². The SMILES string of the molecule is COc1ccc(-c2sccc2Cl)cc1CNC(C)C. The van der Waals surface area contributed by atoms with Crippen LogP contribution in [0, 0.1) is 0 Å². The van der Waals surface area contributed by atoms with Gasteiger partial charge in [-0.05, 0) is 35.2 Å². The Bertz CT molecular complexity index is 551. The molecule has 0 bridgehead atoms. The van der Waals surface area contributed by atoms with Gasteiger partial charge in [-0.25, -0.2) is 0 Å². The van der Waals surface area contributed by atoms with E-state index in [2.05, 4.69) is 31.3 Å². The quantitative estimate of drug-likeness (QED) is 0.872. The first-order valence-electron chi connectivity index (χ1n) is 6.25. The van der Waals surface area contributed by atoms with Crippen LogP contribution in [0.4, 0.5) is 0 Å². The van der Waals surface area contributed by atoms with Crippen LogP contribution < -0.4 is 10.1 Å². The average molecular weight is 296 g/mol. The number of methoxy groups -OCH3 is 1. The predicted octanol–water partition coefficient (Wildman–Crippen LogP) is 4.58. The molecule has 0 fully saturated rings.